The number of nitrogens with one attached hydrogen (secondary N) is 1. The molecule has 1 N–H and O–H groups in total. The maximum Gasteiger partial charge on any atom is 0.407 e. The van der Waals surface area contributed by atoms with Crippen molar-refractivity contribution in [2.75, 3.05) is 24.6 Å². The van der Waals surface area contributed by atoms with Gasteiger partial charge < -0.3 is 19.7 Å². The third-order valence-electron chi connectivity index (χ3n) is 6.80. The Morgan fingerprint density at radius 3 is 2.21 bits per heavy atom. The molecule has 0 unspecified atom stereocenters. The Bertz CT molecular complexity index is 1390. The molecule has 7 nitrogen and oxygen atoms in total. The summed E-state index contributed by atoms with van der Waals surface area (Å²) in [5, 5.41) is 2.71. The van der Waals surface area contributed by atoms with Crippen molar-refractivity contribution in [3.63, 3.8) is 0 Å². The zero-order valence-corrected chi connectivity index (χ0v) is 22.3. The summed E-state index contributed by atoms with van der Waals surface area (Å²) in [6.45, 7) is 5.39. The summed E-state index contributed by atoms with van der Waals surface area (Å²) in [4.78, 5) is 40.4. The highest BCUT2D eigenvalue weighted by molar-refractivity contribution is 5.96. The van der Waals surface area contributed by atoms with Crippen molar-refractivity contribution >= 4 is 29.6 Å². The van der Waals surface area contributed by atoms with E-state index in [9.17, 15) is 14.4 Å². The lowest BCUT2D eigenvalue weighted by Crippen LogP contribution is -2.47. The summed E-state index contributed by atoms with van der Waals surface area (Å²) < 4.78 is 11.1. The Morgan fingerprint density at radius 1 is 0.923 bits per heavy atom. The maximum absolute atomic E-state index is 13.3. The largest absolute Gasteiger partial charge is 0.459 e. The van der Waals surface area contributed by atoms with E-state index in [1.165, 1.54) is 0 Å². The van der Waals surface area contributed by atoms with Gasteiger partial charge in [0.25, 0.3) is 0 Å². The average Bonchev–Trinajstić information content (AvgIpc) is 3.21. The van der Waals surface area contributed by atoms with Crippen LogP contribution in [-0.2, 0) is 19.1 Å². The van der Waals surface area contributed by atoms with Gasteiger partial charge in [0.05, 0.1) is 6.54 Å². The number of alkyl carbamates (subject to hydrolysis) is 1. The van der Waals surface area contributed by atoms with Gasteiger partial charge in [-0.2, -0.15) is 0 Å². The Labute approximate surface area is 228 Å². The highest BCUT2D eigenvalue weighted by atomic mass is 16.6. The highest BCUT2D eigenvalue weighted by Gasteiger charge is 2.31. The predicted molar refractivity (Wildman–Crippen MR) is 151 cm³/mol. The summed E-state index contributed by atoms with van der Waals surface area (Å²) in [5.41, 5.74) is 5.44. The number of ether oxygens (including phenoxy) is 2. The van der Waals surface area contributed by atoms with E-state index in [4.69, 9.17) is 9.47 Å². The molecular formula is C32H32N2O5. The molecule has 1 aliphatic carbocycles. The van der Waals surface area contributed by atoms with E-state index in [1.54, 1.807) is 37.8 Å². The van der Waals surface area contributed by atoms with Crippen LogP contribution < -0.4 is 10.2 Å². The molecule has 3 aromatic rings. The van der Waals surface area contributed by atoms with Crippen molar-refractivity contribution in [3.05, 3.63) is 95.6 Å². The topological polar surface area (TPSA) is 84.9 Å². The fourth-order valence-corrected chi connectivity index (χ4v) is 5.16. The van der Waals surface area contributed by atoms with E-state index in [-0.39, 0.29) is 31.4 Å². The van der Waals surface area contributed by atoms with Crippen LogP contribution in [-0.4, -0.2) is 49.2 Å². The van der Waals surface area contributed by atoms with Crippen molar-refractivity contribution < 1.29 is 23.9 Å². The van der Waals surface area contributed by atoms with Crippen molar-refractivity contribution in [1.29, 1.82) is 0 Å². The van der Waals surface area contributed by atoms with Crippen LogP contribution in [0.2, 0.25) is 0 Å². The van der Waals surface area contributed by atoms with Gasteiger partial charge in [0, 0.05) is 11.6 Å². The van der Waals surface area contributed by atoms with Crippen LogP contribution in [0.4, 0.5) is 10.5 Å². The molecule has 0 fully saturated rings. The number of ketones is 1. The zero-order valence-electron chi connectivity index (χ0n) is 22.3. The van der Waals surface area contributed by atoms with Crippen LogP contribution in [0.5, 0.6) is 0 Å². The lowest BCUT2D eigenvalue weighted by atomic mass is 9.98. The minimum absolute atomic E-state index is 0.0745. The second kappa shape index (κ2) is 10.8. The van der Waals surface area contributed by atoms with Gasteiger partial charge in [-0.3, -0.25) is 9.59 Å². The lowest BCUT2D eigenvalue weighted by Gasteiger charge is -2.29. The van der Waals surface area contributed by atoms with Crippen LogP contribution in [0.25, 0.3) is 17.2 Å². The maximum atomic E-state index is 13.3. The van der Waals surface area contributed by atoms with Crippen molar-refractivity contribution in [2.24, 2.45) is 0 Å². The molecule has 1 atom stereocenters. The van der Waals surface area contributed by atoms with E-state index in [1.807, 2.05) is 48.5 Å². The first kappa shape index (κ1) is 26.2. The molecule has 0 spiro atoms. The SMILES string of the molecule is CC(C)(C)OC(=O)CN1CC(=O)[C@H](NC(=O)OCC2c3ccccc3-c3ccccc32)/C=C\c2ccccc21. The molecule has 1 aliphatic heterocycles. The van der Waals surface area contributed by atoms with Crippen molar-refractivity contribution in [1.82, 2.24) is 5.32 Å². The summed E-state index contributed by atoms with van der Waals surface area (Å²) >= 11 is 0. The first-order chi connectivity index (χ1) is 18.7. The van der Waals surface area contributed by atoms with E-state index in [2.05, 4.69) is 29.6 Å². The number of Topliss-reactive ketones (excluding diaryl/α,β-unsaturated/α-hetero) is 1. The van der Waals surface area contributed by atoms with Gasteiger partial charge in [-0.25, -0.2) is 4.79 Å². The van der Waals surface area contributed by atoms with Gasteiger partial charge in [-0.15, -0.1) is 0 Å². The van der Waals surface area contributed by atoms with Crippen LogP contribution in [0.3, 0.4) is 0 Å². The second-order valence-electron chi connectivity index (χ2n) is 10.8. The number of rotatable bonds is 5. The summed E-state index contributed by atoms with van der Waals surface area (Å²) in [6, 6.07) is 22.8. The van der Waals surface area contributed by atoms with E-state index >= 15 is 0 Å². The third kappa shape index (κ3) is 5.87. The Morgan fingerprint density at radius 2 is 1.54 bits per heavy atom. The minimum atomic E-state index is -0.907. The van der Waals surface area contributed by atoms with E-state index < -0.39 is 23.7 Å². The molecule has 5 rings (SSSR count). The first-order valence-electron chi connectivity index (χ1n) is 13.1. The normalized spacial score (nSPS) is 17.3. The van der Waals surface area contributed by atoms with Crippen LogP contribution in [0.15, 0.2) is 78.9 Å². The number of amides is 1. The van der Waals surface area contributed by atoms with Gasteiger partial charge >= 0.3 is 12.1 Å². The number of para-hydroxylation sites is 1. The molecule has 1 heterocycles. The molecule has 0 bridgehead atoms. The number of fused-ring (bicyclic) bond motifs is 4. The monoisotopic (exact) mass is 524 g/mol. The molecule has 2 aliphatic rings. The number of esters is 1. The molecule has 0 saturated heterocycles. The number of nitrogens with zero attached hydrogens (tertiary/aromatic N) is 1. The Kier molecular flexibility index (Phi) is 7.24. The van der Waals surface area contributed by atoms with Gasteiger partial charge in [0.2, 0.25) is 0 Å². The van der Waals surface area contributed by atoms with Crippen molar-refractivity contribution in [3.8, 4) is 11.1 Å². The number of hydrogen-bond donors (Lipinski definition) is 1. The second-order valence-corrected chi connectivity index (χ2v) is 10.8. The summed E-state index contributed by atoms with van der Waals surface area (Å²) in [6.07, 6.45) is 2.77. The van der Waals surface area contributed by atoms with Gasteiger partial charge in [0.15, 0.2) is 5.78 Å². The first-order valence-corrected chi connectivity index (χ1v) is 13.1. The number of carbonyl (C=O) groups excluding carboxylic acids is 3. The van der Waals surface area contributed by atoms with Crippen LogP contribution in [0, 0.1) is 0 Å². The van der Waals surface area contributed by atoms with Crippen LogP contribution in [0.1, 0.15) is 43.4 Å². The Hall–Kier alpha value is -4.39. The average molecular weight is 525 g/mol. The number of benzene rings is 3. The van der Waals surface area contributed by atoms with Crippen LogP contribution >= 0.6 is 0 Å². The smallest absolute Gasteiger partial charge is 0.407 e. The molecule has 200 valence electrons. The fraction of sp³-hybridized carbons (Fsp3) is 0.281. The van der Waals surface area contributed by atoms with E-state index in [0.29, 0.717) is 0 Å². The third-order valence-corrected chi connectivity index (χ3v) is 6.80. The molecule has 0 saturated carbocycles. The molecular weight excluding hydrogens is 492 g/mol. The van der Waals surface area contributed by atoms with Gasteiger partial charge in [-0.05, 0) is 54.7 Å². The zero-order chi connectivity index (χ0) is 27.6. The lowest BCUT2D eigenvalue weighted by molar-refractivity contribution is -0.153. The Balaban J connectivity index is 1.29. The molecule has 0 aromatic heterocycles. The number of hydrogen-bond acceptors (Lipinski definition) is 6. The molecule has 7 heteroatoms. The molecule has 0 radical (unpaired) electrons. The summed E-state index contributed by atoms with van der Waals surface area (Å²) in [7, 11) is 0. The highest BCUT2D eigenvalue weighted by Crippen LogP contribution is 2.44. The minimum Gasteiger partial charge on any atom is -0.459 e. The summed E-state index contributed by atoms with van der Waals surface area (Å²) in [5.74, 6) is -0.781. The van der Waals surface area contributed by atoms with Gasteiger partial charge in [0.1, 0.15) is 24.8 Å². The predicted octanol–water partition coefficient (Wildman–Crippen LogP) is 5.34. The number of carbonyl (C=O) groups is 3. The van der Waals surface area contributed by atoms with Gasteiger partial charge in [-0.1, -0.05) is 78.9 Å². The molecule has 1 amide bonds. The van der Waals surface area contributed by atoms with Crippen molar-refractivity contribution in [2.45, 2.75) is 38.3 Å². The molecule has 39 heavy (non-hydrogen) atoms. The molecule has 3 aromatic carbocycles. The fourth-order valence-electron chi connectivity index (χ4n) is 5.16. The number of anilines is 1. The standard InChI is InChI=1S/C32H32N2O5/c1-32(2,3)39-30(36)19-34-18-29(35)27(17-16-21-10-4-9-15-28(21)34)33-31(37)38-20-26-24-13-7-5-11-22(24)23-12-6-8-14-25(23)26/h4-17,26-27H,18-20H2,1-3H3,(H,33,37)/b17-16-/t27-/m1/s1. The van der Waals surface area contributed by atoms with E-state index in [0.717, 1.165) is 33.5 Å². The quantitative estimate of drug-likeness (QED) is 0.454.